The average molecular weight is 258 g/mol. The number of rotatable bonds is 4. The largest absolute Gasteiger partial charge is 0.507 e. The van der Waals surface area contributed by atoms with Gasteiger partial charge in [-0.05, 0) is 24.0 Å². The van der Waals surface area contributed by atoms with Gasteiger partial charge in [0.1, 0.15) is 18.4 Å². The summed E-state index contributed by atoms with van der Waals surface area (Å²) in [4.78, 5) is 4.02. The first-order valence-electron chi connectivity index (χ1n) is 6.31. The summed E-state index contributed by atoms with van der Waals surface area (Å²) in [6.07, 6.45) is 5.92. The first-order chi connectivity index (χ1) is 9.17. The predicted octanol–water partition coefficient (Wildman–Crippen LogP) is 2.54. The van der Waals surface area contributed by atoms with Gasteiger partial charge in [0.05, 0.1) is 5.69 Å². The summed E-state index contributed by atoms with van der Waals surface area (Å²) in [6, 6.07) is 3.75. The Morgan fingerprint density at radius 3 is 2.63 bits per heavy atom. The molecule has 1 N–H and O–H groups in total. The van der Waals surface area contributed by atoms with Crippen molar-refractivity contribution < 1.29 is 5.11 Å². The number of benzene rings is 1. The number of hydrogen-bond acceptors (Lipinski definition) is 4. The first-order valence-corrected chi connectivity index (χ1v) is 6.31. The van der Waals surface area contributed by atoms with Crippen LogP contribution in [0.1, 0.15) is 37.3 Å². The smallest absolute Gasteiger partial charge is 0.126 e. The summed E-state index contributed by atoms with van der Waals surface area (Å²) in [6.45, 7) is 4.26. The molecule has 0 amide bonds. The highest BCUT2D eigenvalue weighted by Crippen LogP contribution is 2.31. The Balaban J connectivity index is 2.59. The fraction of sp³-hybridized carbons (Fsp3) is 0.357. The van der Waals surface area contributed by atoms with E-state index >= 15 is 0 Å². The summed E-state index contributed by atoms with van der Waals surface area (Å²) < 4.78 is 1.78. The number of nitrogens with zero attached hydrogens (tertiary/aromatic N) is 4. The lowest BCUT2D eigenvalue weighted by atomic mass is 9.93. The highest BCUT2D eigenvalue weighted by molar-refractivity contribution is 5.86. The molecule has 1 heterocycles. The van der Waals surface area contributed by atoms with Gasteiger partial charge in [-0.15, -0.1) is 10.2 Å². The number of phenols is 1. The lowest BCUT2D eigenvalue weighted by molar-refractivity contribution is 0.472. The fourth-order valence-electron chi connectivity index (χ4n) is 2.02. The van der Waals surface area contributed by atoms with Gasteiger partial charge in [-0.1, -0.05) is 13.8 Å². The molecule has 5 heteroatoms. The standard InChI is InChI=1S/C14H18N4O/c1-4-10(2)12-5-11(18-8-16-17-9-18)6-14(19)13(12)7-15-3/h5-10,19H,4H2,1-3H3/b15-7-. The molecule has 2 aromatic rings. The average Bonchev–Trinajstić information content (AvgIpc) is 2.94. The minimum Gasteiger partial charge on any atom is -0.507 e. The number of hydrogen-bond donors (Lipinski definition) is 1. The second kappa shape index (κ2) is 5.65. The highest BCUT2D eigenvalue weighted by Gasteiger charge is 2.14. The molecule has 1 aromatic carbocycles. The van der Waals surface area contributed by atoms with Gasteiger partial charge in [0, 0.05) is 24.9 Å². The molecular weight excluding hydrogens is 240 g/mol. The van der Waals surface area contributed by atoms with E-state index in [2.05, 4.69) is 29.0 Å². The zero-order chi connectivity index (χ0) is 13.8. The van der Waals surface area contributed by atoms with Crippen LogP contribution in [0.5, 0.6) is 5.75 Å². The molecule has 0 radical (unpaired) electrons. The third kappa shape index (κ3) is 2.65. The van der Waals surface area contributed by atoms with Gasteiger partial charge >= 0.3 is 0 Å². The van der Waals surface area contributed by atoms with Crippen LogP contribution in [0.3, 0.4) is 0 Å². The van der Waals surface area contributed by atoms with Crippen LogP contribution in [0, 0.1) is 0 Å². The Labute approximate surface area is 112 Å². The summed E-state index contributed by atoms with van der Waals surface area (Å²) in [5.41, 5.74) is 2.72. The fourth-order valence-corrected chi connectivity index (χ4v) is 2.02. The van der Waals surface area contributed by atoms with E-state index < -0.39 is 0 Å². The Bertz CT molecular complexity index is 575. The number of aromatic hydroxyl groups is 1. The molecule has 0 fully saturated rings. The Hall–Kier alpha value is -2.17. The molecule has 0 spiro atoms. The van der Waals surface area contributed by atoms with Crippen LogP contribution in [0.15, 0.2) is 29.8 Å². The van der Waals surface area contributed by atoms with Gasteiger partial charge in [0.25, 0.3) is 0 Å². The van der Waals surface area contributed by atoms with E-state index in [0.717, 1.165) is 23.2 Å². The molecule has 2 rings (SSSR count). The van der Waals surface area contributed by atoms with Crippen molar-refractivity contribution in [2.24, 2.45) is 4.99 Å². The molecule has 19 heavy (non-hydrogen) atoms. The first kappa shape index (κ1) is 13.3. The van der Waals surface area contributed by atoms with Crippen molar-refractivity contribution in [3.05, 3.63) is 35.9 Å². The molecule has 5 nitrogen and oxygen atoms in total. The minimum absolute atomic E-state index is 0.229. The number of phenolic OH excluding ortho intramolecular Hbond substituents is 1. The maximum absolute atomic E-state index is 10.2. The van der Waals surface area contributed by atoms with Crippen LogP contribution in [-0.4, -0.2) is 33.1 Å². The molecule has 1 aromatic heterocycles. The van der Waals surface area contributed by atoms with Crippen molar-refractivity contribution in [1.29, 1.82) is 0 Å². The van der Waals surface area contributed by atoms with Gasteiger partial charge in [0.15, 0.2) is 0 Å². The lowest BCUT2D eigenvalue weighted by Gasteiger charge is -2.16. The highest BCUT2D eigenvalue weighted by atomic mass is 16.3. The van der Waals surface area contributed by atoms with Crippen molar-refractivity contribution in [3.8, 4) is 11.4 Å². The third-order valence-electron chi connectivity index (χ3n) is 3.29. The van der Waals surface area contributed by atoms with Gasteiger partial charge in [0.2, 0.25) is 0 Å². The second-order valence-electron chi connectivity index (χ2n) is 4.53. The van der Waals surface area contributed by atoms with E-state index in [4.69, 9.17) is 0 Å². The number of aromatic nitrogens is 3. The maximum Gasteiger partial charge on any atom is 0.126 e. The van der Waals surface area contributed by atoms with Gasteiger partial charge in [-0.25, -0.2) is 0 Å². The van der Waals surface area contributed by atoms with Crippen molar-refractivity contribution in [1.82, 2.24) is 14.8 Å². The molecule has 0 aliphatic rings. The van der Waals surface area contributed by atoms with Crippen molar-refractivity contribution in [2.75, 3.05) is 7.05 Å². The van der Waals surface area contributed by atoms with Crippen LogP contribution in [-0.2, 0) is 0 Å². The zero-order valence-electron chi connectivity index (χ0n) is 11.4. The molecule has 0 bridgehead atoms. The topological polar surface area (TPSA) is 63.3 Å². The Morgan fingerprint density at radius 2 is 2.05 bits per heavy atom. The van der Waals surface area contributed by atoms with Crippen LogP contribution < -0.4 is 0 Å². The van der Waals surface area contributed by atoms with E-state index in [-0.39, 0.29) is 5.75 Å². The summed E-state index contributed by atoms with van der Waals surface area (Å²) in [7, 11) is 1.70. The molecule has 0 aliphatic carbocycles. The lowest BCUT2D eigenvalue weighted by Crippen LogP contribution is -2.02. The van der Waals surface area contributed by atoms with Crippen molar-refractivity contribution in [2.45, 2.75) is 26.2 Å². The monoisotopic (exact) mass is 258 g/mol. The van der Waals surface area contributed by atoms with Crippen molar-refractivity contribution >= 4 is 6.21 Å². The van der Waals surface area contributed by atoms with Crippen molar-refractivity contribution in [3.63, 3.8) is 0 Å². The number of aliphatic imine (C=N–C) groups is 1. The van der Waals surface area contributed by atoms with Crippen LogP contribution in [0.4, 0.5) is 0 Å². The van der Waals surface area contributed by atoms with Crippen LogP contribution >= 0.6 is 0 Å². The SMILES string of the molecule is CCC(C)c1cc(-n2cnnc2)cc(O)c1/C=N\C. The Kier molecular flexibility index (Phi) is 3.94. The molecule has 0 saturated heterocycles. The Morgan fingerprint density at radius 1 is 1.37 bits per heavy atom. The van der Waals surface area contributed by atoms with Crippen LogP contribution in [0.25, 0.3) is 5.69 Å². The van der Waals surface area contributed by atoms with Gasteiger partial charge in [-0.2, -0.15) is 0 Å². The molecule has 0 saturated carbocycles. The van der Waals surface area contributed by atoms with Gasteiger partial charge < -0.3 is 5.11 Å². The molecule has 1 unspecified atom stereocenters. The van der Waals surface area contributed by atoms with E-state index in [1.165, 1.54) is 0 Å². The maximum atomic E-state index is 10.2. The minimum atomic E-state index is 0.229. The van der Waals surface area contributed by atoms with Crippen LogP contribution in [0.2, 0.25) is 0 Å². The molecule has 1 atom stereocenters. The normalized spacial score (nSPS) is 13.0. The van der Waals surface area contributed by atoms with E-state index in [1.54, 1.807) is 36.6 Å². The summed E-state index contributed by atoms with van der Waals surface area (Å²) in [5, 5.41) is 17.8. The summed E-state index contributed by atoms with van der Waals surface area (Å²) in [5.74, 6) is 0.572. The summed E-state index contributed by atoms with van der Waals surface area (Å²) >= 11 is 0. The molecule has 0 aliphatic heterocycles. The van der Waals surface area contributed by atoms with Gasteiger partial charge in [-0.3, -0.25) is 9.56 Å². The zero-order valence-corrected chi connectivity index (χ0v) is 11.4. The van der Waals surface area contributed by atoms with E-state index in [9.17, 15) is 5.11 Å². The second-order valence-corrected chi connectivity index (χ2v) is 4.53. The molecule has 100 valence electrons. The molecular formula is C14H18N4O. The third-order valence-corrected chi connectivity index (χ3v) is 3.29. The van der Waals surface area contributed by atoms with E-state index in [1.807, 2.05) is 6.07 Å². The predicted molar refractivity (Wildman–Crippen MR) is 75.2 cm³/mol. The quantitative estimate of drug-likeness (QED) is 0.857. The van der Waals surface area contributed by atoms with E-state index in [0.29, 0.717) is 5.92 Å².